The molecule has 1 saturated heterocycles. The van der Waals surface area contributed by atoms with Crippen LogP contribution in [0.3, 0.4) is 0 Å². The molecule has 3 nitrogen and oxygen atoms in total. The van der Waals surface area contributed by atoms with Crippen LogP contribution in [0, 0.1) is 0 Å². The molecule has 5 rings (SSSR count). The topological polar surface area (TPSA) is 20.5 Å². The third-order valence-corrected chi connectivity index (χ3v) is 5.52. The van der Waals surface area contributed by atoms with Crippen molar-refractivity contribution in [3.8, 4) is 0 Å². The smallest absolute Gasteiger partial charge is 0.137 e. The largest absolute Gasteiger partial charge is 0.307 e. The fraction of sp³-hybridized carbons (Fsp3) is 0.286. The van der Waals surface area contributed by atoms with Gasteiger partial charge in [-0.15, -0.1) is 0 Å². The van der Waals surface area contributed by atoms with Gasteiger partial charge in [0.2, 0.25) is 0 Å². The van der Waals surface area contributed by atoms with Gasteiger partial charge in [0.1, 0.15) is 5.65 Å². The van der Waals surface area contributed by atoms with Gasteiger partial charge in [0, 0.05) is 37.2 Å². The van der Waals surface area contributed by atoms with Crippen LogP contribution < -0.4 is 0 Å². The highest BCUT2D eigenvalue weighted by atomic mass is 15.2. The Labute approximate surface area is 142 Å². The van der Waals surface area contributed by atoms with Gasteiger partial charge < -0.3 is 4.40 Å². The first kappa shape index (κ1) is 14.0. The van der Waals surface area contributed by atoms with Crippen LogP contribution in [0.2, 0.25) is 0 Å². The Hall–Kier alpha value is -2.39. The monoisotopic (exact) mass is 315 g/mol. The number of pyridine rings is 1. The van der Waals surface area contributed by atoms with E-state index in [0.29, 0.717) is 12.1 Å². The van der Waals surface area contributed by atoms with Crippen molar-refractivity contribution in [3.63, 3.8) is 0 Å². The Balaban J connectivity index is 1.43. The number of rotatable bonds is 3. The fourth-order valence-corrected chi connectivity index (χ4v) is 4.28. The molecule has 0 aliphatic carbocycles. The average Bonchev–Trinajstić information content (AvgIpc) is 3.16. The molecule has 2 bridgehead atoms. The molecule has 2 aromatic heterocycles. The maximum atomic E-state index is 4.42. The summed E-state index contributed by atoms with van der Waals surface area (Å²) < 4.78 is 2.07. The molecule has 0 N–H and O–H groups in total. The Morgan fingerprint density at radius 1 is 1.04 bits per heavy atom. The zero-order chi connectivity index (χ0) is 15.9. The molecule has 2 unspecified atom stereocenters. The van der Waals surface area contributed by atoms with Crippen LogP contribution in [-0.2, 0) is 6.54 Å². The summed E-state index contributed by atoms with van der Waals surface area (Å²) in [6, 6.07) is 16.6. The molecule has 4 heterocycles. The summed E-state index contributed by atoms with van der Waals surface area (Å²) in [6.07, 6.45) is 12.2. The highest BCUT2D eigenvalue weighted by Crippen LogP contribution is 2.39. The maximum absolute atomic E-state index is 4.42. The van der Waals surface area contributed by atoms with Crippen molar-refractivity contribution in [1.29, 1.82) is 0 Å². The SMILES string of the molecule is C1=C(c2ccn3ccnc3c2)CC2CCC1N2Cc1ccccc1. The van der Waals surface area contributed by atoms with E-state index in [1.165, 1.54) is 29.5 Å². The molecule has 3 heteroatoms. The maximum Gasteiger partial charge on any atom is 0.137 e. The highest BCUT2D eigenvalue weighted by molar-refractivity contribution is 5.70. The first-order chi connectivity index (χ1) is 11.9. The van der Waals surface area contributed by atoms with Crippen molar-refractivity contribution >= 4 is 11.2 Å². The second-order valence-electron chi connectivity index (χ2n) is 6.96. The summed E-state index contributed by atoms with van der Waals surface area (Å²) in [7, 11) is 0. The predicted octanol–water partition coefficient (Wildman–Crippen LogP) is 4.15. The van der Waals surface area contributed by atoms with E-state index in [9.17, 15) is 0 Å². The summed E-state index contributed by atoms with van der Waals surface area (Å²) in [4.78, 5) is 7.11. The van der Waals surface area contributed by atoms with E-state index in [4.69, 9.17) is 0 Å². The van der Waals surface area contributed by atoms with E-state index in [1.807, 2.05) is 12.4 Å². The molecule has 120 valence electrons. The number of benzene rings is 1. The summed E-state index contributed by atoms with van der Waals surface area (Å²) in [5.41, 5.74) is 5.29. The quantitative estimate of drug-likeness (QED) is 0.723. The van der Waals surface area contributed by atoms with E-state index in [-0.39, 0.29) is 0 Å². The minimum Gasteiger partial charge on any atom is -0.307 e. The van der Waals surface area contributed by atoms with E-state index in [1.54, 1.807) is 0 Å². The van der Waals surface area contributed by atoms with Crippen molar-refractivity contribution in [2.75, 3.05) is 0 Å². The number of fused-ring (bicyclic) bond motifs is 3. The molecular weight excluding hydrogens is 294 g/mol. The lowest BCUT2D eigenvalue weighted by atomic mass is 9.95. The molecule has 0 radical (unpaired) electrons. The summed E-state index contributed by atoms with van der Waals surface area (Å²) in [5, 5.41) is 0. The summed E-state index contributed by atoms with van der Waals surface area (Å²) >= 11 is 0. The molecule has 2 atom stereocenters. The van der Waals surface area contributed by atoms with Crippen molar-refractivity contribution in [1.82, 2.24) is 14.3 Å². The molecular formula is C21H21N3. The van der Waals surface area contributed by atoms with Crippen LogP contribution in [0.4, 0.5) is 0 Å². The number of hydrogen-bond donors (Lipinski definition) is 0. The molecule has 3 aromatic rings. The van der Waals surface area contributed by atoms with Crippen LogP contribution in [0.5, 0.6) is 0 Å². The third kappa shape index (κ3) is 2.36. The molecule has 0 spiro atoms. The van der Waals surface area contributed by atoms with Gasteiger partial charge in [-0.3, -0.25) is 4.90 Å². The second kappa shape index (κ2) is 5.60. The molecule has 24 heavy (non-hydrogen) atoms. The lowest BCUT2D eigenvalue weighted by molar-refractivity contribution is 0.203. The minimum absolute atomic E-state index is 0.579. The fourth-order valence-electron chi connectivity index (χ4n) is 4.28. The Morgan fingerprint density at radius 2 is 1.96 bits per heavy atom. The molecule has 1 aromatic carbocycles. The first-order valence-corrected chi connectivity index (χ1v) is 8.80. The van der Waals surface area contributed by atoms with Gasteiger partial charge in [-0.1, -0.05) is 36.4 Å². The Bertz CT molecular complexity index is 894. The van der Waals surface area contributed by atoms with Gasteiger partial charge in [-0.25, -0.2) is 4.98 Å². The Morgan fingerprint density at radius 3 is 2.83 bits per heavy atom. The molecule has 0 amide bonds. The minimum atomic E-state index is 0.579. The van der Waals surface area contributed by atoms with Gasteiger partial charge in [0.25, 0.3) is 0 Å². The summed E-state index contributed by atoms with van der Waals surface area (Å²) in [6.45, 7) is 1.07. The molecule has 2 aliphatic rings. The van der Waals surface area contributed by atoms with E-state index in [2.05, 4.69) is 69.0 Å². The van der Waals surface area contributed by atoms with Gasteiger partial charge in [0.15, 0.2) is 0 Å². The van der Waals surface area contributed by atoms with Crippen LogP contribution in [-0.4, -0.2) is 26.4 Å². The zero-order valence-electron chi connectivity index (χ0n) is 13.7. The van der Waals surface area contributed by atoms with Crippen LogP contribution in [0.25, 0.3) is 11.2 Å². The molecule has 1 fully saturated rings. The molecule has 0 saturated carbocycles. The zero-order valence-corrected chi connectivity index (χ0v) is 13.7. The van der Waals surface area contributed by atoms with Crippen LogP contribution in [0.1, 0.15) is 30.4 Å². The van der Waals surface area contributed by atoms with Crippen molar-refractivity contribution < 1.29 is 0 Å². The number of nitrogens with zero attached hydrogens (tertiary/aromatic N) is 3. The second-order valence-corrected chi connectivity index (χ2v) is 6.96. The molecule has 2 aliphatic heterocycles. The van der Waals surface area contributed by atoms with E-state index in [0.717, 1.165) is 18.6 Å². The van der Waals surface area contributed by atoms with Crippen LogP contribution >= 0.6 is 0 Å². The highest BCUT2D eigenvalue weighted by Gasteiger charge is 2.36. The standard InChI is InChI=1S/C21H21N3/c1-2-4-16(5-3-1)15-24-19-6-7-20(24)13-18(12-19)17-8-10-23-11-9-22-21(23)14-17/h1-5,8-12,14,19-20H,6-7,13,15H2. The van der Waals surface area contributed by atoms with Crippen molar-refractivity contribution in [2.24, 2.45) is 0 Å². The van der Waals surface area contributed by atoms with Crippen molar-refractivity contribution in [3.05, 3.63) is 78.3 Å². The van der Waals surface area contributed by atoms with Gasteiger partial charge in [-0.2, -0.15) is 0 Å². The first-order valence-electron chi connectivity index (χ1n) is 8.80. The third-order valence-electron chi connectivity index (χ3n) is 5.52. The average molecular weight is 315 g/mol. The number of aromatic nitrogens is 2. The van der Waals surface area contributed by atoms with Crippen LogP contribution in [0.15, 0.2) is 67.1 Å². The van der Waals surface area contributed by atoms with E-state index < -0.39 is 0 Å². The Kier molecular flexibility index (Phi) is 3.27. The van der Waals surface area contributed by atoms with Gasteiger partial charge in [-0.05, 0) is 48.1 Å². The number of imidazole rings is 1. The van der Waals surface area contributed by atoms with Gasteiger partial charge >= 0.3 is 0 Å². The lowest BCUT2D eigenvalue weighted by Crippen LogP contribution is -2.37. The van der Waals surface area contributed by atoms with Crippen molar-refractivity contribution in [2.45, 2.75) is 37.9 Å². The predicted molar refractivity (Wildman–Crippen MR) is 96.6 cm³/mol. The lowest BCUT2D eigenvalue weighted by Gasteiger charge is -2.34. The van der Waals surface area contributed by atoms with Gasteiger partial charge in [0.05, 0.1) is 0 Å². The van der Waals surface area contributed by atoms with E-state index >= 15 is 0 Å². The number of hydrogen-bond acceptors (Lipinski definition) is 2. The summed E-state index contributed by atoms with van der Waals surface area (Å²) in [5.74, 6) is 0. The normalized spacial score (nSPS) is 23.6.